The number of nitrogens with zero attached hydrogens (tertiary/aromatic N) is 3. The van der Waals surface area contributed by atoms with E-state index in [1.807, 2.05) is 24.1 Å². The van der Waals surface area contributed by atoms with Gasteiger partial charge in [0.2, 0.25) is 5.91 Å². The summed E-state index contributed by atoms with van der Waals surface area (Å²) in [4.78, 5) is 21.2. The number of aliphatic hydroxyl groups is 1. The Morgan fingerprint density at radius 2 is 2.15 bits per heavy atom. The Morgan fingerprint density at radius 1 is 1.42 bits per heavy atom. The fourth-order valence-electron chi connectivity index (χ4n) is 3.97. The Kier molecular flexibility index (Phi) is 6.33. The number of likely N-dealkylation sites (tertiary alicyclic amines) is 2. The van der Waals surface area contributed by atoms with Crippen molar-refractivity contribution in [3.05, 3.63) is 16.1 Å². The minimum Gasteiger partial charge on any atom is -0.383 e. The lowest BCUT2D eigenvalue weighted by Crippen LogP contribution is -2.46. The normalized spacial score (nSPS) is 23.7. The number of aromatic nitrogens is 1. The van der Waals surface area contributed by atoms with Crippen LogP contribution in [0.4, 0.5) is 0 Å². The van der Waals surface area contributed by atoms with Crippen molar-refractivity contribution in [1.29, 1.82) is 0 Å². The third kappa shape index (κ3) is 4.27. The average molecular weight is 382 g/mol. The topological polar surface area (TPSA) is 65.9 Å². The Morgan fingerprint density at radius 3 is 2.81 bits per heavy atom. The highest BCUT2D eigenvalue weighted by molar-refractivity contribution is 7.09. The molecule has 1 atom stereocenters. The van der Waals surface area contributed by atoms with E-state index in [0.29, 0.717) is 32.0 Å². The highest BCUT2D eigenvalue weighted by Crippen LogP contribution is 2.34. The van der Waals surface area contributed by atoms with Crippen molar-refractivity contribution in [1.82, 2.24) is 14.8 Å². The molecule has 0 saturated carbocycles. The van der Waals surface area contributed by atoms with Crippen molar-refractivity contribution in [2.75, 3.05) is 33.4 Å². The van der Waals surface area contributed by atoms with E-state index < -0.39 is 5.60 Å². The predicted octanol–water partition coefficient (Wildman–Crippen LogP) is 2.22. The number of amides is 1. The van der Waals surface area contributed by atoms with Crippen molar-refractivity contribution in [2.45, 2.75) is 57.7 Å². The van der Waals surface area contributed by atoms with Crippen molar-refractivity contribution >= 4 is 17.2 Å². The van der Waals surface area contributed by atoms with Crippen LogP contribution in [0, 0.1) is 5.92 Å². The molecule has 1 aromatic rings. The Bertz CT molecular complexity index is 611. The van der Waals surface area contributed by atoms with Crippen LogP contribution in [0.2, 0.25) is 0 Å². The van der Waals surface area contributed by atoms with Crippen LogP contribution in [0.1, 0.15) is 50.2 Å². The molecule has 1 unspecified atom stereocenters. The summed E-state index contributed by atoms with van der Waals surface area (Å²) < 4.78 is 5.33. The van der Waals surface area contributed by atoms with E-state index >= 15 is 0 Å². The van der Waals surface area contributed by atoms with E-state index in [1.54, 1.807) is 18.4 Å². The predicted molar refractivity (Wildman–Crippen MR) is 102 cm³/mol. The monoisotopic (exact) mass is 381 g/mol. The minimum atomic E-state index is -0.903. The van der Waals surface area contributed by atoms with Crippen LogP contribution >= 0.6 is 11.3 Å². The first kappa shape index (κ1) is 19.7. The molecule has 7 heteroatoms. The van der Waals surface area contributed by atoms with E-state index in [9.17, 15) is 9.90 Å². The van der Waals surface area contributed by atoms with Crippen molar-refractivity contribution in [2.24, 2.45) is 5.92 Å². The van der Waals surface area contributed by atoms with Crippen LogP contribution in [-0.4, -0.2) is 65.2 Å². The zero-order chi connectivity index (χ0) is 18.7. The summed E-state index contributed by atoms with van der Waals surface area (Å²) in [5.41, 5.74) is -0.129. The molecule has 1 amide bonds. The molecule has 2 saturated heterocycles. The lowest BCUT2D eigenvalue weighted by Gasteiger charge is -2.38. The molecule has 2 fully saturated rings. The van der Waals surface area contributed by atoms with Gasteiger partial charge in [0.05, 0.1) is 18.8 Å². The van der Waals surface area contributed by atoms with Crippen LogP contribution < -0.4 is 0 Å². The zero-order valence-corrected chi connectivity index (χ0v) is 16.9. The van der Waals surface area contributed by atoms with Crippen LogP contribution in [0.25, 0.3) is 0 Å². The second-order valence-electron chi connectivity index (χ2n) is 7.86. The van der Waals surface area contributed by atoms with E-state index in [0.717, 1.165) is 30.4 Å². The first-order valence-electron chi connectivity index (χ1n) is 9.62. The number of rotatable bonds is 6. The van der Waals surface area contributed by atoms with Crippen molar-refractivity contribution in [3.8, 4) is 0 Å². The van der Waals surface area contributed by atoms with Gasteiger partial charge in [0, 0.05) is 37.5 Å². The highest BCUT2D eigenvalue weighted by Gasteiger charge is 2.38. The number of methoxy groups -OCH3 is 1. The first-order valence-corrected chi connectivity index (χ1v) is 10.5. The van der Waals surface area contributed by atoms with Gasteiger partial charge in [-0.15, -0.1) is 11.3 Å². The third-order valence-corrected chi connectivity index (χ3v) is 6.45. The first-order chi connectivity index (χ1) is 12.4. The Balaban J connectivity index is 1.60. The molecule has 0 spiro atoms. The molecular weight excluding hydrogens is 350 g/mol. The van der Waals surface area contributed by atoms with Gasteiger partial charge in [-0.1, -0.05) is 13.8 Å². The summed E-state index contributed by atoms with van der Waals surface area (Å²) in [5.74, 6) is 0.178. The van der Waals surface area contributed by atoms with Crippen molar-refractivity contribution < 1.29 is 14.6 Å². The second-order valence-corrected chi connectivity index (χ2v) is 8.80. The summed E-state index contributed by atoms with van der Waals surface area (Å²) in [6, 6.07) is 0.473. The molecule has 26 heavy (non-hydrogen) atoms. The maximum atomic E-state index is 12.1. The smallest absolute Gasteiger partial charge is 0.225 e. The summed E-state index contributed by atoms with van der Waals surface area (Å²) in [5, 5.41) is 14.1. The maximum Gasteiger partial charge on any atom is 0.225 e. The van der Waals surface area contributed by atoms with E-state index in [2.05, 4.69) is 4.90 Å². The molecule has 2 aliphatic heterocycles. The van der Waals surface area contributed by atoms with E-state index in [1.165, 1.54) is 12.8 Å². The van der Waals surface area contributed by atoms with Crippen LogP contribution in [0.3, 0.4) is 0 Å². The number of carbonyl (C=O) groups is 1. The van der Waals surface area contributed by atoms with Crippen LogP contribution in [0.15, 0.2) is 5.38 Å². The number of hydrogen-bond donors (Lipinski definition) is 1. The lowest BCUT2D eigenvalue weighted by molar-refractivity contribution is -0.139. The van der Waals surface area contributed by atoms with Gasteiger partial charge in [0.25, 0.3) is 0 Å². The number of thiazole rings is 1. The van der Waals surface area contributed by atoms with Gasteiger partial charge >= 0.3 is 0 Å². The number of hydrogen-bond acceptors (Lipinski definition) is 6. The molecule has 146 valence electrons. The van der Waals surface area contributed by atoms with E-state index in [-0.39, 0.29) is 11.8 Å². The molecule has 0 radical (unpaired) electrons. The number of piperidine rings is 1. The quantitative estimate of drug-likeness (QED) is 0.818. The molecule has 0 aromatic carbocycles. The molecule has 1 aromatic heterocycles. The average Bonchev–Trinajstić information content (AvgIpc) is 3.26. The van der Waals surface area contributed by atoms with Gasteiger partial charge in [0.1, 0.15) is 10.6 Å². The summed E-state index contributed by atoms with van der Waals surface area (Å²) in [6.07, 6.45) is 3.50. The van der Waals surface area contributed by atoms with Gasteiger partial charge in [0.15, 0.2) is 0 Å². The summed E-state index contributed by atoms with van der Waals surface area (Å²) in [6.45, 7) is 7.72. The summed E-state index contributed by atoms with van der Waals surface area (Å²) in [7, 11) is 1.75. The lowest BCUT2D eigenvalue weighted by atomic mass is 9.88. The maximum absolute atomic E-state index is 12.1. The number of carbonyl (C=O) groups excluding carboxylic acids is 1. The molecule has 0 aliphatic carbocycles. The Hall–Kier alpha value is -1.02. The van der Waals surface area contributed by atoms with Gasteiger partial charge in [-0.3, -0.25) is 9.69 Å². The molecular formula is C19H31N3O3S. The second kappa shape index (κ2) is 8.33. The van der Waals surface area contributed by atoms with Gasteiger partial charge in [-0.05, 0) is 32.2 Å². The standard InChI is InChI=1S/C19H31N3O3S/c1-14(2)18(23)21-9-6-19(24,7-10-21)16-13-26-17(20-16)11-22-8-4-5-15(22)12-25-3/h13-15,24H,4-12H2,1-3H3. The molecule has 1 N–H and O–H groups in total. The Labute approximate surface area is 160 Å². The van der Waals surface area contributed by atoms with Gasteiger partial charge in [-0.2, -0.15) is 0 Å². The van der Waals surface area contributed by atoms with Gasteiger partial charge in [-0.25, -0.2) is 4.98 Å². The van der Waals surface area contributed by atoms with Crippen LogP contribution in [-0.2, 0) is 21.7 Å². The van der Waals surface area contributed by atoms with Crippen LogP contribution in [0.5, 0.6) is 0 Å². The third-order valence-electron chi connectivity index (χ3n) is 5.62. The molecule has 3 rings (SSSR count). The SMILES string of the molecule is COCC1CCCN1Cc1nc(C2(O)CCN(C(=O)C(C)C)CC2)cs1. The number of ether oxygens (including phenoxy) is 1. The molecule has 2 aliphatic rings. The fourth-order valence-corrected chi connectivity index (χ4v) is 4.88. The largest absolute Gasteiger partial charge is 0.383 e. The summed E-state index contributed by atoms with van der Waals surface area (Å²) >= 11 is 1.63. The highest BCUT2D eigenvalue weighted by atomic mass is 32.1. The van der Waals surface area contributed by atoms with Crippen molar-refractivity contribution in [3.63, 3.8) is 0 Å². The van der Waals surface area contributed by atoms with E-state index in [4.69, 9.17) is 9.72 Å². The zero-order valence-electron chi connectivity index (χ0n) is 16.1. The molecule has 3 heterocycles. The minimum absolute atomic E-state index is 0.00701. The molecule has 6 nitrogen and oxygen atoms in total. The molecule has 0 bridgehead atoms. The fraction of sp³-hybridized carbons (Fsp3) is 0.789. The van der Waals surface area contributed by atoms with Gasteiger partial charge < -0.3 is 14.7 Å².